The number of thiophene rings is 1. The van der Waals surface area contributed by atoms with Crippen LogP contribution in [-0.2, 0) is 4.79 Å². The normalized spacial score (nSPS) is 10.3. The lowest BCUT2D eigenvalue weighted by atomic mass is 10.1. The van der Waals surface area contributed by atoms with E-state index in [1.165, 1.54) is 0 Å². The molecule has 0 aliphatic rings. The third kappa shape index (κ3) is 3.74. The molecule has 20 heavy (non-hydrogen) atoms. The van der Waals surface area contributed by atoms with Crippen molar-refractivity contribution in [2.45, 2.75) is 26.7 Å². The number of carbonyl (C=O) groups is 2. The van der Waals surface area contributed by atoms with Crippen molar-refractivity contribution >= 4 is 28.7 Å². The number of hydrogen-bond donors (Lipinski definition) is 1. The van der Waals surface area contributed by atoms with Gasteiger partial charge in [-0.1, -0.05) is 0 Å². The van der Waals surface area contributed by atoms with Crippen molar-refractivity contribution in [1.82, 2.24) is 4.98 Å². The minimum atomic E-state index is -0.158. The Morgan fingerprint density at radius 1 is 1.20 bits per heavy atom. The lowest BCUT2D eigenvalue weighted by Crippen LogP contribution is -2.13. The van der Waals surface area contributed by atoms with Crippen LogP contribution in [0.3, 0.4) is 0 Å². The number of amides is 1. The molecule has 0 saturated carbocycles. The van der Waals surface area contributed by atoms with Gasteiger partial charge in [0.2, 0.25) is 5.91 Å². The summed E-state index contributed by atoms with van der Waals surface area (Å²) in [5, 5.41) is 2.74. The van der Waals surface area contributed by atoms with Crippen LogP contribution in [0.25, 0.3) is 0 Å². The molecule has 0 spiro atoms. The van der Waals surface area contributed by atoms with Gasteiger partial charge in [-0.25, -0.2) is 0 Å². The second kappa shape index (κ2) is 6.43. The largest absolute Gasteiger partial charge is 0.326 e. The smallest absolute Gasteiger partial charge is 0.224 e. The van der Waals surface area contributed by atoms with Gasteiger partial charge in [0.05, 0.1) is 0 Å². The number of carbonyl (C=O) groups excluding carboxylic acids is 2. The van der Waals surface area contributed by atoms with Gasteiger partial charge in [-0.3, -0.25) is 14.6 Å². The van der Waals surface area contributed by atoms with Gasteiger partial charge in [0.1, 0.15) is 0 Å². The van der Waals surface area contributed by atoms with E-state index in [0.29, 0.717) is 5.69 Å². The Morgan fingerprint density at radius 3 is 2.50 bits per heavy atom. The number of aryl methyl sites for hydroxylation is 2. The Hall–Kier alpha value is -2.01. The maximum Gasteiger partial charge on any atom is 0.224 e. The van der Waals surface area contributed by atoms with Crippen LogP contribution in [0.5, 0.6) is 0 Å². The lowest BCUT2D eigenvalue weighted by Gasteiger charge is -2.04. The average Bonchev–Trinajstić information content (AvgIpc) is 2.76. The summed E-state index contributed by atoms with van der Waals surface area (Å²) in [4.78, 5) is 29.8. The number of hydrogen-bond acceptors (Lipinski definition) is 4. The minimum absolute atomic E-state index is 0.0247. The number of ketones is 1. The molecule has 2 rings (SSSR count). The summed E-state index contributed by atoms with van der Waals surface area (Å²) >= 11 is 1.61. The first-order valence-electron chi connectivity index (χ1n) is 6.36. The Morgan fingerprint density at radius 2 is 1.90 bits per heavy atom. The fourth-order valence-electron chi connectivity index (χ4n) is 1.93. The van der Waals surface area contributed by atoms with Crippen molar-refractivity contribution in [3.05, 3.63) is 45.9 Å². The van der Waals surface area contributed by atoms with Crippen molar-refractivity contribution < 1.29 is 9.59 Å². The number of rotatable bonds is 5. The summed E-state index contributed by atoms with van der Waals surface area (Å²) in [5.74, 6) is -0.133. The molecule has 1 N–H and O–H groups in total. The van der Waals surface area contributed by atoms with Crippen molar-refractivity contribution in [3.63, 3.8) is 0 Å². The van der Waals surface area contributed by atoms with Crippen LogP contribution < -0.4 is 5.32 Å². The second-order valence-corrected chi connectivity index (χ2v) is 5.99. The van der Waals surface area contributed by atoms with Gasteiger partial charge >= 0.3 is 0 Å². The zero-order valence-electron chi connectivity index (χ0n) is 11.5. The quantitative estimate of drug-likeness (QED) is 0.858. The third-order valence-corrected chi connectivity index (χ3v) is 3.85. The van der Waals surface area contributed by atoms with E-state index in [9.17, 15) is 9.59 Å². The van der Waals surface area contributed by atoms with E-state index >= 15 is 0 Å². The number of aromatic nitrogens is 1. The molecule has 0 aromatic carbocycles. The Balaban J connectivity index is 1.87. The van der Waals surface area contributed by atoms with E-state index in [1.54, 1.807) is 35.9 Å². The highest BCUT2D eigenvalue weighted by molar-refractivity contribution is 7.12. The number of anilines is 1. The molecule has 5 heteroatoms. The Kier molecular flexibility index (Phi) is 4.63. The highest BCUT2D eigenvalue weighted by Crippen LogP contribution is 2.22. The Bertz CT molecular complexity index is 620. The summed E-state index contributed by atoms with van der Waals surface area (Å²) in [6, 6.07) is 5.32. The van der Waals surface area contributed by atoms with Crippen LogP contribution in [0.1, 0.15) is 33.0 Å². The van der Waals surface area contributed by atoms with E-state index in [0.717, 1.165) is 15.3 Å². The van der Waals surface area contributed by atoms with Crippen LogP contribution in [0.4, 0.5) is 5.69 Å². The maximum atomic E-state index is 12.1. The van der Waals surface area contributed by atoms with Crippen molar-refractivity contribution in [2.24, 2.45) is 0 Å². The van der Waals surface area contributed by atoms with E-state index in [2.05, 4.69) is 10.3 Å². The molecule has 0 bridgehead atoms. The molecule has 0 radical (unpaired) electrons. The monoisotopic (exact) mass is 288 g/mol. The fraction of sp³-hybridized carbons (Fsp3) is 0.267. The van der Waals surface area contributed by atoms with Crippen LogP contribution in [0, 0.1) is 13.8 Å². The molecule has 0 saturated heterocycles. The highest BCUT2D eigenvalue weighted by Gasteiger charge is 2.13. The molecule has 1 amide bonds. The van der Waals surface area contributed by atoms with Gasteiger partial charge in [0.15, 0.2) is 5.78 Å². The first kappa shape index (κ1) is 14.4. The molecule has 2 aromatic heterocycles. The van der Waals surface area contributed by atoms with E-state index in [1.807, 2.05) is 19.9 Å². The first-order chi connectivity index (χ1) is 9.56. The summed E-state index contributed by atoms with van der Waals surface area (Å²) in [6.07, 6.45) is 3.64. The first-order valence-corrected chi connectivity index (χ1v) is 7.18. The summed E-state index contributed by atoms with van der Waals surface area (Å²) in [7, 11) is 0. The number of nitrogens with one attached hydrogen (secondary N) is 1. The van der Waals surface area contributed by atoms with Crippen LogP contribution >= 0.6 is 11.3 Å². The van der Waals surface area contributed by atoms with Gasteiger partial charge < -0.3 is 5.32 Å². The number of nitrogens with zero attached hydrogens (tertiary/aromatic N) is 1. The van der Waals surface area contributed by atoms with E-state index < -0.39 is 0 Å². The zero-order valence-corrected chi connectivity index (χ0v) is 12.3. The Labute approximate surface area is 121 Å². The van der Waals surface area contributed by atoms with Crippen molar-refractivity contribution in [2.75, 3.05) is 5.32 Å². The third-order valence-electron chi connectivity index (χ3n) is 2.88. The molecule has 2 heterocycles. The minimum Gasteiger partial charge on any atom is -0.326 e. The van der Waals surface area contributed by atoms with Crippen molar-refractivity contribution in [1.29, 1.82) is 0 Å². The van der Waals surface area contributed by atoms with E-state index in [4.69, 9.17) is 0 Å². The van der Waals surface area contributed by atoms with Crippen molar-refractivity contribution in [3.8, 4) is 0 Å². The molecule has 0 atom stereocenters. The second-order valence-electron chi connectivity index (χ2n) is 4.53. The standard InChI is InChI=1S/C15H16N2O2S/c1-10-9-13(11(2)20-10)14(18)3-4-15(19)17-12-5-7-16-8-6-12/h5-9H,3-4H2,1-2H3,(H,16,17,19). The van der Waals surface area contributed by atoms with Crippen LogP contribution in [-0.4, -0.2) is 16.7 Å². The molecule has 2 aromatic rings. The highest BCUT2D eigenvalue weighted by atomic mass is 32.1. The van der Waals surface area contributed by atoms with Crippen LogP contribution in [0.2, 0.25) is 0 Å². The summed E-state index contributed by atoms with van der Waals surface area (Å²) in [5.41, 5.74) is 1.43. The molecule has 0 unspecified atom stereocenters. The summed E-state index contributed by atoms with van der Waals surface area (Å²) in [6.45, 7) is 3.91. The molecule has 0 aliphatic heterocycles. The molecule has 4 nitrogen and oxygen atoms in total. The number of Topliss-reactive ketones (excluding diaryl/α,β-unsaturated/α-hetero) is 1. The van der Waals surface area contributed by atoms with Gasteiger partial charge in [0, 0.05) is 46.2 Å². The maximum absolute atomic E-state index is 12.1. The average molecular weight is 288 g/mol. The SMILES string of the molecule is Cc1cc(C(=O)CCC(=O)Nc2ccncc2)c(C)s1. The fourth-order valence-corrected chi connectivity index (χ4v) is 2.87. The zero-order chi connectivity index (χ0) is 14.5. The molecule has 0 aliphatic carbocycles. The van der Waals surface area contributed by atoms with Gasteiger partial charge in [-0.15, -0.1) is 11.3 Å². The van der Waals surface area contributed by atoms with Gasteiger partial charge in [-0.2, -0.15) is 0 Å². The van der Waals surface area contributed by atoms with E-state index in [-0.39, 0.29) is 24.5 Å². The molecule has 104 valence electrons. The lowest BCUT2D eigenvalue weighted by molar-refractivity contribution is -0.116. The predicted molar refractivity (Wildman–Crippen MR) is 80.2 cm³/mol. The summed E-state index contributed by atoms with van der Waals surface area (Å²) < 4.78 is 0. The molecular weight excluding hydrogens is 272 g/mol. The number of pyridine rings is 1. The van der Waals surface area contributed by atoms with Crippen LogP contribution in [0.15, 0.2) is 30.6 Å². The van der Waals surface area contributed by atoms with Gasteiger partial charge in [0.25, 0.3) is 0 Å². The topological polar surface area (TPSA) is 59.1 Å². The molecular formula is C15H16N2O2S. The molecule has 0 fully saturated rings. The predicted octanol–water partition coefficient (Wildman–Crippen LogP) is 3.36. The van der Waals surface area contributed by atoms with Gasteiger partial charge in [-0.05, 0) is 32.0 Å².